The van der Waals surface area contributed by atoms with Crippen molar-refractivity contribution < 1.29 is 4.74 Å². The average Bonchev–Trinajstić information content (AvgIpc) is 2.71. The number of nitrogens with zero attached hydrogens (tertiary/aromatic N) is 2. The maximum Gasteiger partial charge on any atom is 0.0925 e. The van der Waals surface area contributed by atoms with Crippen molar-refractivity contribution in [3.05, 3.63) is 77.7 Å². The Morgan fingerprint density at radius 1 is 1.26 bits per heavy atom. The van der Waals surface area contributed by atoms with Gasteiger partial charge < -0.3 is 4.74 Å². The van der Waals surface area contributed by atoms with Gasteiger partial charge in [0.25, 0.3) is 0 Å². The van der Waals surface area contributed by atoms with E-state index in [1.165, 1.54) is 5.56 Å². The Bertz CT molecular complexity index is 691. The highest BCUT2D eigenvalue weighted by atomic mass is 16.5. The van der Waals surface area contributed by atoms with Crippen LogP contribution in [0, 0.1) is 11.3 Å². The number of hydrazine groups is 1. The van der Waals surface area contributed by atoms with Gasteiger partial charge in [-0.15, -0.1) is 0 Å². The number of hydrogen-bond donors (Lipinski definition) is 1. The lowest BCUT2D eigenvalue weighted by molar-refractivity contribution is 0.293. The summed E-state index contributed by atoms with van der Waals surface area (Å²) in [6, 6.07) is 10.4. The molecule has 1 aromatic rings. The molecule has 0 unspecified atom stereocenters. The number of ether oxygens (including phenoxy) is 1. The number of benzene rings is 1. The van der Waals surface area contributed by atoms with Crippen LogP contribution in [0.4, 0.5) is 0 Å². The van der Waals surface area contributed by atoms with E-state index in [-0.39, 0.29) is 6.42 Å². The summed E-state index contributed by atoms with van der Waals surface area (Å²) in [6.07, 6.45) is 9.57. The smallest absolute Gasteiger partial charge is 0.0925 e. The molecular weight excluding hydrogens is 334 g/mol. The topological polar surface area (TPSA) is 62.3 Å². The number of rotatable bonds is 9. The van der Waals surface area contributed by atoms with Gasteiger partial charge in [-0.2, -0.15) is 5.26 Å². The van der Waals surface area contributed by atoms with Crippen LogP contribution >= 0.6 is 0 Å². The molecule has 0 aliphatic carbocycles. The van der Waals surface area contributed by atoms with Crippen molar-refractivity contribution in [2.45, 2.75) is 47.0 Å². The Balaban J connectivity index is 0.00000326. The number of hydrogen-bond acceptors (Lipinski definition) is 4. The molecule has 0 spiro atoms. The molecule has 0 fully saturated rings. The second kappa shape index (κ2) is 14.4. The summed E-state index contributed by atoms with van der Waals surface area (Å²) in [5.74, 6) is 7.08. The Morgan fingerprint density at radius 3 is 2.37 bits per heavy atom. The molecule has 1 aromatic carbocycles. The first kappa shape index (κ1) is 24.2. The normalized spacial score (nSPS) is 11.8. The van der Waals surface area contributed by atoms with Gasteiger partial charge >= 0.3 is 0 Å². The molecule has 146 valence electrons. The fourth-order valence-electron chi connectivity index (χ4n) is 2.29. The average molecular weight is 368 g/mol. The molecule has 0 amide bonds. The second-order valence-corrected chi connectivity index (χ2v) is 5.55. The van der Waals surface area contributed by atoms with Crippen LogP contribution in [0.2, 0.25) is 0 Å². The molecule has 0 atom stereocenters. The maximum absolute atomic E-state index is 8.95. The third-order valence-corrected chi connectivity index (χ3v) is 3.73. The van der Waals surface area contributed by atoms with E-state index < -0.39 is 0 Å². The largest absolute Gasteiger partial charge is 0.501 e. The molecule has 0 heterocycles. The molecule has 4 nitrogen and oxygen atoms in total. The van der Waals surface area contributed by atoms with E-state index in [4.69, 9.17) is 15.8 Å². The molecule has 0 radical (unpaired) electrons. The Hall–Kier alpha value is -2.77. The van der Waals surface area contributed by atoms with E-state index in [1.54, 1.807) is 18.2 Å². The van der Waals surface area contributed by atoms with E-state index in [0.29, 0.717) is 5.70 Å². The predicted molar refractivity (Wildman–Crippen MR) is 115 cm³/mol. The van der Waals surface area contributed by atoms with E-state index in [2.05, 4.69) is 31.7 Å². The quantitative estimate of drug-likeness (QED) is 0.262. The van der Waals surface area contributed by atoms with Gasteiger partial charge in [0.2, 0.25) is 0 Å². The minimum absolute atomic E-state index is 0.275. The van der Waals surface area contributed by atoms with Gasteiger partial charge in [0.05, 0.1) is 36.8 Å². The number of aryl methyl sites for hydroxylation is 1. The zero-order valence-corrected chi connectivity index (χ0v) is 17.3. The molecule has 0 aliphatic heterocycles. The summed E-state index contributed by atoms with van der Waals surface area (Å²) in [5.41, 5.74) is 3.71. The van der Waals surface area contributed by atoms with Crippen LogP contribution in [0.3, 0.4) is 0 Å². The molecule has 27 heavy (non-hydrogen) atoms. The van der Waals surface area contributed by atoms with Crippen molar-refractivity contribution in [3.8, 4) is 6.07 Å². The fraction of sp³-hybridized carbons (Fsp3) is 0.348. The van der Waals surface area contributed by atoms with E-state index in [0.717, 1.165) is 29.9 Å². The van der Waals surface area contributed by atoms with Crippen LogP contribution in [0.5, 0.6) is 0 Å². The SMILES string of the molecule is C=C/C(=C\C=C(/C)OC)N(N)/C(=C\CC#N)c1ccc(CCC)cc1.CC. The second-order valence-electron chi connectivity index (χ2n) is 5.55. The highest BCUT2D eigenvalue weighted by Crippen LogP contribution is 2.22. The molecule has 0 saturated heterocycles. The van der Waals surface area contributed by atoms with E-state index >= 15 is 0 Å². The first-order valence-corrected chi connectivity index (χ1v) is 9.33. The van der Waals surface area contributed by atoms with Gasteiger partial charge in [-0.05, 0) is 48.8 Å². The Kier molecular flexibility index (Phi) is 12.9. The summed E-state index contributed by atoms with van der Waals surface area (Å²) in [5, 5.41) is 10.5. The minimum Gasteiger partial charge on any atom is -0.501 e. The van der Waals surface area contributed by atoms with Gasteiger partial charge in [0, 0.05) is 0 Å². The van der Waals surface area contributed by atoms with Crippen LogP contribution in [-0.2, 0) is 11.2 Å². The lowest BCUT2D eigenvalue weighted by atomic mass is 10.0. The fourth-order valence-corrected chi connectivity index (χ4v) is 2.29. The van der Waals surface area contributed by atoms with Gasteiger partial charge in [0.15, 0.2) is 0 Å². The predicted octanol–water partition coefficient (Wildman–Crippen LogP) is 5.72. The maximum atomic E-state index is 8.95. The monoisotopic (exact) mass is 367 g/mol. The summed E-state index contributed by atoms with van der Waals surface area (Å²) in [6.45, 7) is 11.8. The standard InChI is InChI=1S/C21H27N3O.C2H6/c1-5-8-18-11-13-19(14-12-18)21(9-7-16-22)24(23)20(6-2)15-10-17(3)25-4;1-2/h6,9-15H,2,5,7-8,23H2,1,3-4H3;1-2H3/b17-10+,20-15+,21-9-;. The van der Waals surface area contributed by atoms with Crippen molar-refractivity contribution >= 4 is 5.70 Å². The third-order valence-electron chi connectivity index (χ3n) is 3.73. The van der Waals surface area contributed by atoms with Crippen LogP contribution < -0.4 is 5.84 Å². The molecule has 2 N–H and O–H groups in total. The van der Waals surface area contributed by atoms with Crippen LogP contribution in [0.15, 0.2) is 66.6 Å². The number of nitrogens with two attached hydrogens (primary N) is 1. The number of methoxy groups -OCH3 is 1. The van der Waals surface area contributed by atoms with Crippen molar-refractivity contribution in [2.24, 2.45) is 5.84 Å². The zero-order valence-electron chi connectivity index (χ0n) is 17.3. The van der Waals surface area contributed by atoms with E-state index in [1.807, 2.05) is 51.1 Å². The van der Waals surface area contributed by atoms with E-state index in [9.17, 15) is 0 Å². The Morgan fingerprint density at radius 2 is 1.89 bits per heavy atom. The van der Waals surface area contributed by atoms with Crippen LogP contribution in [-0.4, -0.2) is 12.1 Å². The summed E-state index contributed by atoms with van der Waals surface area (Å²) < 4.78 is 5.14. The summed E-state index contributed by atoms with van der Waals surface area (Å²) >= 11 is 0. The highest BCUT2D eigenvalue weighted by Gasteiger charge is 2.11. The first-order chi connectivity index (χ1) is 13.1. The lowest BCUT2D eigenvalue weighted by Crippen LogP contribution is -2.28. The van der Waals surface area contributed by atoms with Gasteiger partial charge in [-0.3, -0.25) is 5.01 Å². The summed E-state index contributed by atoms with van der Waals surface area (Å²) in [7, 11) is 1.61. The molecular formula is C23H33N3O. The van der Waals surface area contributed by atoms with Gasteiger partial charge in [0.1, 0.15) is 0 Å². The third kappa shape index (κ3) is 8.44. The molecule has 0 bridgehead atoms. The van der Waals surface area contributed by atoms with Crippen LogP contribution in [0.25, 0.3) is 5.70 Å². The van der Waals surface area contributed by atoms with Gasteiger partial charge in [-0.25, -0.2) is 5.84 Å². The van der Waals surface area contributed by atoms with Crippen molar-refractivity contribution in [3.63, 3.8) is 0 Å². The van der Waals surface area contributed by atoms with Crippen molar-refractivity contribution in [1.29, 1.82) is 5.26 Å². The van der Waals surface area contributed by atoms with Crippen LogP contribution in [0.1, 0.15) is 51.7 Å². The lowest BCUT2D eigenvalue weighted by Gasteiger charge is -2.23. The van der Waals surface area contributed by atoms with Crippen molar-refractivity contribution in [2.75, 3.05) is 7.11 Å². The summed E-state index contributed by atoms with van der Waals surface area (Å²) in [4.78, 5) is 0. The first-order valence-electron chi connectivity index (χ1n) is 9.33. The molecule has 1 rings (SSSR count). The molecule has 0 aliphatic rings. The Labute approximate surface area is 164 Å². The number of nitriles is 1. The number of allylic oxidation sites excluding steroid dienone is 5. The highest BCUT2D eigenvalue weighted by molar-refractivity contribution is 5.66. The molecule has 0 aromatic heterocycles. The van der Waals surface area contributed by atoms with Crippen molar-refractivity contribution in [1.82, 2.24) is 5.01 Å². The molecule has 0 saturated carbocycles. The zero-order chi connectivity index (χ0) is 20.7. The molecule has 4 heteroatoms. The van der Waals surface area contributed by atoms with Gasteiger partial charge in [-0.1, -0.05) is 58.0 Å². The minimum atomic E-state index is 0.275.